The van der Waals surface area contributed by atoms with Gasteiger partial charge in [-0.2, -0.15) is 9.41 Å². The second-order valence-electron chi connectivity index (χ2n) is 9.01. The van der Waals surface area contributed by atoms with E-state index in [1.54, 1.807) is 60.7 Å². The third-order valence-electron chi connectivity index (χ3n) is 5.84. The number of anilines is 1. The van der Waals surface area contributed by atoms with E-state index in [9.17, 15) is 18.0 Å². The molecule has 9 nitrogen and oxygen atoms in total. The highest BCUT2D eigenvalue weighted by Crippen LogP contribution is 2.23. The van der Waals surface area contributed by atoms with Crippen molar-refractivity contribution in [3.05, 3.63) is 118 Å². The number of nitrogens with zero attached hydrogens (tertiary/aromatic N) is 2. The third-order valence-corrected chi connectivity index (χ3v) is 8.34. The topological polar surface area (TPSA) is 121 Å². The standard InChI is InChI=1S/C29H27BrN4O5S/c1-20-7-11-22(12-8-20)18-34(40(37,38)25-15-9-21(2)10-16-25)19-24-14-13-23(39-24)17-31-33-29(36)28(35)32-27-6-4-3-5-26(27)30/h3-17H,18-19H2,1-2H3,(H,32,35)(H,33,36)/b31-17+. The van der Waals surface area contributed by atoms with Gasteiger partial charge in [-0.15, -0.1) is 0 Å². The molecule has 0 saturated carbocycles. The molecule has 0 radical (unpaired) electrons. The van der Waals surface area contributed by atoms with Crippen molar-refractivity contribution in [1.82, 2.24) is 9.73 Å². The summed E-state index contributed by atoms with van der Waals surface area (Å²) in [5.41, 5.74) is 5.45. The Labute approximate surface area is 241 Å². The van der Waals surface area contributed by atoms with Crippen molar-refractivity contribution in [1.29, 1.82) is 0 Å². The number of hydrogen-bond donors (Lipinski definition) is 2. The van der Waals surface area contributed by atoms with Crippen molar-refractivity contribution in [2.45, 2.75) is 31.8 Å². The number of carbonyl (C=O) groups excluding carboxylic acids is 2. The van der Waals surface area contributed by atoms with Crippen LogP contribution in [0.1, 0.15) is 28.2 Å². The lowest BCUT2D eigenvalue weighted by atomic mass is 10.1. The lowest BCUT2D eigenvalue weighted by Crippen LogP contribution is -2.32. The fraction of sp³-hybridized carbons (Fsp3) is 0.138. The number of hydrogen-bond acceptors (Lipinski definition) is 6. The van der Waals surface area contributed by atoms with E-state index in [0.29, 0.717) is 15.9 Å². The zero-order valence-electron chi connectivity index (χ0n) is 21.8. The Morgan fingerprint density at radius 1 is 0.875 bits per heavy atom. The van der Waals surface area contributed by atoms with Crippen LogP contribution in [0.25, 0.3) is 0 Å². The second-order valence-corrected chi connectivity index (χ2v) is 11.8. The molecule has 3 aromatic carbocycles. The normalized spacial score (nSPS) is 11.6. The average molecular weight is 624 g/mol. The number of amides is 2. The largest absolute Gasteiger partial charge is 0.459 e. The molecule has 40 heavy (non-hydrogen) atoms. The Morgan fingerprint density at radius 2 is 1.52 bits per heavy atom. The molecule has 0 aliphatic carbocycles. The molecule has 0 unspecified atom stereocenters. The molecule has 2 amide bonds. The van der Waals surface area contributed by atoms with E-state index in [0.717, 1.165) is 16.7 Å². The lowest BCUT2D eigenvalue weighted by molar-refractivity contribution is -0.136. The van der Waals surface area contributed by atoms with Gasteiger partial charge in [0.15, 0.2) is 0 Å². The molecule has 0 saturated heterocycles. The van der Waals surface area contributed by atoms with E-state index in [1.807, 2.05) is 38.1 Å². The maximum atomic E-state index is 13.6. The average Bonchev–Trinajstić information content (AvgIpc) is 3.38. The number of para-hydroxylation sites is 1. The minimum Gasteiger partial charge on any atom is -0.459 e. The predicted octanol–water partition coefficient (Wildman–Crippen LogP) is 5.14. The number of aryl methyl sites for hydroxylation is 2. The number of carbonyl (C=O) groups is 2. The van der Waals surface area contributed by atoms with Crippen LogP contribution in [0.4, 0.5) is 5.69 Å². The Morgan fingerprint density at radius 3 is 2.20 bits per heavy atom. The summed E-state index contributed by atoms with van der Waals surface area (Å²) in [5, 5.41) is 6.26. The van der Waals surface area contributed by atoms with E-state index in [-0.39, 0.29) is 23.7 Å². The summed E-state index contributed by atoms with van der Waals surface area (Å²) in [6, 6.07) is 24.4. The number of furan rings is 1. The minimum absolute atomic E-state index is 0.0291. The number of halogens is 1. The van der Waals surface area contributed by atoms with Crippen LogP contribution in [0.5, 0.6) is 0 Å². The first-order valence-electron chi connectivity index (χ1n) is 12.2. The molecule has 0 bridgehead atoms. The number of rotatable bonds is 9. The first kappa shape index (κ1) is 28.9. The summed E-state index contributed by atoms with van der Waals surface area (Å²) >= 11 is 3.30. The molecule has 0 aliphatic heterocycles. The molecule has 1 aromatic heterocycles. The first-order valence-corrected chi connectivity index (χ1v) is 14.4. The Balaban J connectivity index is 1.45. The molecular formula is C29H27BrN4O5S. The van der Waals surface area contributed by atoms with Crippen LogP contribution in [0.2, 0.25) is 0 Å². The SMILES string of the molecule is Cc1ccc(CN(Cc2ccc(/C=N/NC(=O)C(=O)Nc3ccccc3Br)o2)S(=O)(=O)c2ccc(C)cc2)cc1. The summed E-state index contributed by atoms with van der Waals surface area (Å²) < 4.78 is 34.9. The maximum absolute atomic E-state index is 13.6. The van der Waals surface area contributed by atoms with Gasteiger partial charge in [-0.3, -0.25) is 9.59 Å². The molecular weight excluding hydrogens is 596 g/mol. The zero-order chi connectivity index (χ0) is 28.7. The molecule has 4 rings (SSSR count). The predicted molar refractivity (Wildman–Crippen MR) is 156 cm³/mol. The highest BCUT2D eigenvalue weighted by Gasteiger charge is 2.26. The molecule has 0 fully saturated rings. The molecule has 4 aromatic rings. The van der Waals surface area contributed by atoms with Gasteiger partial charge in [-0.1, -0.05) is 59.7 Å². The molecule has 2 N–H and O–H groups in total. The van der Waals surface area contributed by atoms with Crippen LogP contribution in [-0.2, 0) is 32.7 Å². The summed E-state index contributed by atoms with van der Waals surface area (Å²) in [5.74, 6) is -1.21. The zero-order valence-corrected chi connectivity index (χ0v) is 24.2. The Bertz CT molecular complexity index is 1630. The number of sulfonamides is 1. The van der Waals surface area contributed by atoms with E-state index in [2.05, 4.69) is 31.8 Å². The van der Waals surface area contributed by atoms with Crippen LogP contribution >= 0.6 is 15.9 Å². The summed E-state index contributed by atoms with van der Waals surface area (Å²) in [4.78, 5) is 24.4. The van der Waals surface area contributed by atoms with Crippen LogP contribution in [0.3, 0.4) is 0 Å². The highest BCUT2D eigenvalue weighted by atomic mass is 79.9. The van der Waals surface area contributed by atoms with Gasteiger partial charge < -0.3 is 9.73 Å². The Hall–Kier alpha value is -4.06. The van der Waals surface area contributed by atoms with Crippen molar-refractivity contribution in [2.24, 2.45) is 5.10 Å². The van der Waals surface area contributed by atoms with Crippen LogP contribution in [-0.4, -0.2) is 30.8 Å². The van der Waals surface area contributed by atoms with Gasteiger partial charge in [0.05, 0.1) is 23.3 Å². The van der Waals surface area contributed by atoms with Crippen LogP contribution in [0, 0.1) is 13.8 Å². The first-order chi connectivity index (χ1) is 19.1. The van der Waals surface area contributed by atoms with Crippen molar-refractivity contribution in [3.63, 3.8) is 0 Å². The fourth-order valence-electron chi connectivity index (χ4n) is 3.65. The van der Waals surface area contributed by atoms with E-state index < -0.39 is 21.8 Å². The monoisotopic (exact) mass is 622 g/mol. The third kappa shape index (κ3) is 7.53. The van der Waals surface area contributed by atoms with Gasteiger partial charge in [0, 0.05) is 11.0 Å². The number of nitrogens with one attached hydrogen (secondary N) is 2. The molecule has 11 heteroatoms. The van der Waals surface area contributed by atoms with Gasteiger partial charge >= 0.3 is 11.8 Å². The van der Waals surface area contributed by atoms with Crippen LogP contribution < -0.4 is 10.7 Å². The summed E-state index contributed by atoms with van der Waals surface area (Å²) in [7, 11) is -3.85. The van der Waals surface area contributed by atoms with Gasteiger partial charge in [0.25, 0.3) is 0 Å². The van der Waals surface area contributed by atoms with Crippen molar-refractivity contribution < 1.29 is 22.4 Å². The van der Waals surface area contributed by atoms with Crippen LogP contribution in [0.15, 0.2) is 104 Å². The Kier molecular flexibility index (Phi) is 9.30. The molecule has 1 heterocycles. The molecule has 0 spiro atoms. The van der Waals surface area contributed by atoms with Gasteiger partial charge in [-0.25, -0.2) is 13.8 Å². The van der Waals surface area contributed by atoms with Gasteiger partial charge in [-0.05, 0) is 71.7 Å². The molecule has 0 atom stereocenters. The van der Waals surface area contributed by atoms with E-state index in [1.165, 1.54) is 10.5 Å². The number of benzene rings is 3. The van der Waals surface area contributed by atoms with Gasteiger partial charge in [0.2, 0.25) is 10.0 Å². The minimum atomic E-state index is -3.85. The highest BCUT2D eigenvalue weighted by molar-refractivity contribution is 9.10. The maximum Gasteiger partial charge on any atom is 0.329 e. The summed E-state index contributed by atoms with van der Waals surface area (Å²) in [6.07, 6.45) is 1.23. The van der Waals surface area contributed by atoms with Crippen molar-refractivity contribution in [2.75, 3.05) is 5.32 Å². The smallest absolute Gasteiger partial charge is 0.329 e. The lowest BCUT2D eigenvalue weighted by Gasteiger charge is -2.21. The number of hydrazone groups is 1. The molecule has 0 aliphatic rings. The second kappa shape index (κ2) is 12.9. The fourth-order valence-corrected chi connectivity index (χ4v) is 5.43. The molecule has 206 valence electrons. The van der Waals surface area contributed by atoms with Gasteiger partial charge in [0.1, 0.15) is 11.5 Å². The quantitative estimate of drug-likeness (QED) is 0.152. The van der Waals surface area contributed by atoms with E-state index in [4.69, 9.17) is 4.42 Å². The van der Waals surface area contributed by atoms with E-state index >= 15 is 0 Å². The summed E-state index contributed by atoms with van der Waals surface area (Å²) in [6.45, 7) is 3.97. The van der Waals surface area contributed by atoms with Crippen molar-refractivity contribution >= 4 is 49.7 Å². The van der Waals surface area contributed by atoms with Crippen molar-refractivity contribution in [3.8, 4) is 0 Å².